The standard InChI is InChI=1S/C16H12FNO3/c17-13-3-1-2-11(9-19)16(13)10-4-5-14(20)12(8-10)15-6-7-18-21-15/h1-8,19-20H,9H2. The molecular weight excluding hydrogens is 273 g/mol. The van der Waals surface area contributed by atoms with Gasteiger partial charge in [-0.25, -0.2) is 4.39 Å². The highest BCUT2D eigenvalue weighted by molar-refractivity contribution is 5.76. The van der Waals surface area contributed by atoms with Crippen molar-refractivity contribution in [3.8, 4) is 28.2 Å². The van der Waals surface area contributed by atoms with Gasteiger partial charge in [0.1, 0.15) is 11.6 Å². The minimum atomic E-state index is -0.434. The molecule has 0 aliphatic carbocycles. The topological polar surface area (TPSA) is 66.5 Å². The molecule has 2 aromatic carbocycles. The molecule has 1 heterocycles. The summed E-state index contributed by atoms with van der Waals surface area (Å²) in [6.07, 6.45) is 1.46. The summed E-state index contributed by atoms with van der Waals surface area (Å²) in [5, 5.41) is 22.9. The third-order valence-electron chi connectivity index (χ3n) is 3.26. The van der Waals surface area contributed by atoms with Gasteiger partial charge in [0.05, 0.1) is 18.4 Å². The van der Waals surface area contributed by atoms with Crippen LogP contribution in [-0.2, 0) is 6.61 Å². The minimum Gasteiger partial charge on any atom is -0.507 e. The molecule has 5 heteroatoms. The second kappa shape index (κ2) is 5.38. The molecule has 106 valence electrons. The van der Waals surface area contributed by atoms with Gasteiger partial charge in [0.25, 0.3) is 0 Å². The first kappa shape index (κ1) is 13.3. The van der Waals surface area contributed by atoms with Crippen LogP contribution in [0, 0.1) is 5.82 Å². The average molecular weight is 285 g/mol. The normalized spacial score (nSPS) is 10.8. The van der Waals surface area contributed by atoms with Gasteiger partial charge in [0.15, 0.2) is 5.76 Å². The third-order valence-corrected chi connectivity index (χ3v) is 3.26. The van der Waals surface area contributed by atoms with Crippen molar-refractivity contribution >= 4 is 0 Å². The van der Waals surface area contributed by atoms with Crippen LogP contribution in [0.1, 0.15) is 5.56 Å². The number of aliphatic hydroxyl groups is 1. The first-order valence-electron chi connectivity index (χ1n) is 6.33. The number of hydrogen-bond donors (Lipinski definition) is 2. The molecule has 0 unspecified atom stereocenters. The molecule has 0 aliphatic rings. The fourth-order valence-corrected chi connectivity index (χ4v) is 2.27. The van der Waals surface area contributed by atoms with Crippen molar-refractivity contribution in [1.82, 2.24) is 5.16 Å². The number of aromatic nitrogens is 1. The van der Waals surface area contributed by atoms with Crippen LogP contribution >= 0.6 is 0 Å². The maximum atomic E-state index is 14.1. The molecule has 21 heavy (non-hydrogen) atoms. The van der Waals surface area contributed by atoms with Crippen LogP contribution in [0.2, 0.25) is 0 Å². The summed E-state index contributed by atoms with van der Waals surface area (Å²) < 4.78 is 19.1. The molecule has 0 atom stereocenters. The second-order valence-electron chi connectivity index (χ2n) is 4.54. The van der Waals surface area contributed by atoms with E-state index in [4.69, 9.17) is 4.52 Å². The second-order valence-corrected chi connectivity index (χ2v) is 4.54. The van der Waals surface area contributed by atoms with Crippen molar-refractivity contribution in [3.05, 3.63) is 60.0 Å². The Labute approximate surface area is 120 Å². The largest absolute Gasteiger partial charge is 0.507 e. The Balaban J connectivity index is 2.19. The molecule has 3 aromatic rings. The smallest absolute Gasteiger partial charge is 0.170 e. The summed E-state index contributed by atoms with van der Waals surface area (Å²) in [4.78, 5) is 0. The van der Waals surface area contributed by atoms with E-state index in [9.17, 15) is 14.6 Å². The highest BCUT2D eigenvalue weighted by atomic mass is 19.1. The van der Waals surface area contributed by atoms with Crippen LogP contribution in [0.25, 0.3) is 22.5 Å². The Kier molecular flexibility index (Phi) is 3.41. The Morgan fingerprint density at radius 2 is 2.00 bits per heavy atom. The van der Waals surface area contributed by atoms with E-state index in [1.807, 2.05) is 0 Å². The number of rotatable bonds is 3. The fraction of sp³-hybridized carbons (Fsp3) is 0.0625. The van der Waals surface area contributed by atoms with Crippen molar-refractivity contribution in [2.45, 2.75) is 6.61 Å². The van der Waals surface area contributed by atoms with Crippen molar-refractivity contribution in [2.24, 2.45) is 0 Å². The maximum Gasteiger partial charge on any atom is 0.170 e. The van der Waals surface area contributed by atoms with Gasteiger partial charge in [-0.05, 0) is 29.3 Å². The van der Waals surface area contributed by atoms with Gasteiger partial charge in [-0.1, -0.05) is 23.4 Å². The van der Waals surface area contributed by atoms with E-state index in [0.717, 1.165) is 0 Å². The predicted molar refractivity (Wildman–Crippen MR) is 74.9 cm³/mol. The molecule has 3 rings (SSSR count). The quantitative estimate of drug-likeness (QED) is 0.774. The Morgan fingerprint density at radius 3 is 2.71 bits per heavy atom. The van der Waals surface area contributed by atoms with Crippen LogP contribution < -0.4 is 0 Å². The lowest BCUT2D eigenvalue weighted by molar-refractivity contribution is 0.282. The molecule has 0 amide bonds. The molecule has 4 nitrogen and oxygen atoms in total. The molecular formula is C16H12FNO3. The van der Waals surface area contributed by atoms with Crippen LogP contribution in [0.3, 0.4) is 0 Å². The SMILES string of the molecule is OCc1cccc(F)c1-c1ccc(O)c(-c2ccno2)c1. The summed E-state index contributed by atoms with van der Waals surface area (Å²) in [5.74, 6) is -0.0376. The number of phenols is 1. The van der Waals surface area contributed by atoms with Crippen LogP contribution in [0.15, 0.2) is 53.2 Å². The number of phenolic OH excluding ortho intramolecular Hbond substituents is 1. The van der Waals surface area contributed by atoms with Crippen molar-refractivity contribution in [3.63, 3.8) is 0 Å². The van der Waals surface area contributed by atoms with Gasteiger partial charge in [0.2, 0.25) is 0 Å². The first-order chi connectivity index (χ1) is 10.2. The Morgan fingerprint density at radius 1 is 1.14 bits per heavy atom. The number of hydrogen-bond acceptors (Lipinski definition) is 4. The summed E-state index contributed by atoms with van der Waals surface area (Å²) in [6, 6.07) is 10.8. The molecule has 2 N–H and O–H groups in total. The number of aliphatic hydroxyl groups excluding tert-OH is 1. The van der Waals surface area contributed by atoms with E-state index in [1.165, 1.54) is 18.3 Å². The summed E-state index contributed by atoms with van der Waals surface area (Å²) in [7, 11) is 0. The van der Waals surface area contributed by atoms with Gasteiger partial charge < -0.3 is 14.7 Å². The lowest BCUT2D eigenvalue weighted by Gasteiger charge is -2.11. The molecule has 1 aromatic heterocycles. The molecule has 0 saturated carbocycles. The summed E-state index contributed by atoms with van der Waals surface area (Å²) in [6.45, 7) is -0.272. The first-order valence-corrected chi connectivity index (χ1v) is 6.33. The van der Waals surface area contributed by atoms with Crippen LogP contribution in [-0.4, -0.2) is 15.4 Å². The third kappa shape index (κ3) is 2.39. The zero-order valence-electron chi connectivity index (χ0n) is 11.0. The van der Waals surface area contributed by atoms with E-state index >= 15 is 0 Å². The van der Waals surface area contributed by atoms with Crippen molar-refractivity contribution in [2.75, 3.05) is 0 Å². The van der Waals surface area contributed by atoms with Gasteiger partial charge in [-0.15, -0.1) is 0 Å². The number of aromatic hydroxyl groups is 1. The van der Waals surface area contributed by atoms with Crippen molar-refractivity contribution < 1.29 is 19.1 Å². The number of nitrogens with zero attached hydrogens (tertiary/aromatic N) is 1. The molecule has 0 aliphatic heterocycles. The van der Waals surface area contributed by atoms with Gasteiger partial charge >= 0.3 is 0 Å². The fourth-order valence-electron chi connectivity index (χ4n) is 2.27. The molecule has 0 bridgehead atoms. The van der Waals surface area contributed by atoms with Crippen molar-refractivity contribution in [1.29, 1.82) is 0 Å². The van der Waals surface area contributed by atoms with E-state index < -0.39 is 5.82 Å². The van der Waals surface area contributed by atoms with Gasteiger partial charge in [-0.3, -0.25) is 0 Å². The van der Waals surface area contributed by atoms with E-state index in [0.29, 0.717) is 28.0 Å². The summed E-state index contributed by atoms with van der Waals surface area (Å²) in [5.41, 5.74) is 1.74. The number of halogens is 1. The zero-order valence-corrected chi connectivity index (χ0v) is 11.0. The lowest BCUT2D eigenvalue weighted by atomic mass is 9.97. The monoisotopic (exact) mass is 285 g/mol. The van der Waals surface area contributed by atoms with E-state index in [-0.39, 0.29) is 12.4 Å². The lowest BCUT2D eigenvalue weighted by Crippen LogP contribution is -1.93. The maximum absolute atomic E-state index is 14.1. The zero-order chi connectivity index (χ0) is 14.8. The Bertz CT molecular complexity index is 769. The van der Waals surface area contributed by atoms with E-state index in [2.05, 4.69) is 5.16 Å². The average Bonchev–Trinajstić information content (AvgIpc) is 3.02. The molecule has 0 radical (unpaired) electrons. The van der Waals surface area contributed by atoms with E-state index in [1.54, 1.807) is 30.3 Å². The predicted octanol–water partition coefficient (Wildman–Crippen LogP) is 3.35. The molecule has 0 fully saturated rings. The van der Waals surface area contributed by atoms with Gasteiger partial charge in [0, 0.05) is 11.6 Å². The van der Waals surface area contributed by atoms with Crippen LogP contribution in [0.5, 0.6) is 5.75 Å². The summed E-state index contributed by atoms with van der Waals surface area (Å²) >= 11 is 0. The highest BCUT2D eigenvalue weighted by Crippen LogP contribution is 2.35. The molecule has 0 spiro atoms. The number of benzene rings is 2. The van der Waals surface area contributed by atoms with Crippen LogP contribution in [0.4, 0.5) is 4.39 Å². The molecule has 0 saturated heterocycles. The highest BCUT2D eigenvalue weighted by Gasteiger charge is 2.14. The Hall–Kier alpha value is -2.66. The minimum absolute atomic E-state index is 0.0115. The van der Waals surface area contributed by atoms with Gasteiger partial charge in [-0.2, -0.15) is 0 Å².